The summed E-state index contributed by atoms with van der Waals surface area (Å²) in [6.07, 6.45) is 4.46. The number of pyridine rings is 1. The van der Waals surface area contributed by atoms with Gasteiger partial charge in [0.1, 0.15) is 0 Å². The van der Waals surface area contributed by atoms with Crippen LogP contribution in [-0.4, -0.2) is 23.9 Å². The van der Waals surface area contributed by atoms with Crippen molar-refractivity contribution >= 4 is 16.6 Å². The van der Waals surface area contributed by atoms with E-state index in [9.17, 15) is 4.79 Å². The minimum Gasteiger partial charge on any atom is -0.310 e. The highest BCUT2D eigenvalue weighted by Gasteiger charge is 2.09. The monoisotopic (exact) mass is 228 g/mol. The maximum atomic E-state index is 12.0. The number of carbonyl (C=O) groups excluding carboxylic acids is 1. The molecule has 0 saturated carbocycles. The zero-order chi connectivity index (χ0) is 12.1. The Balaban J connectivity index is 2.26. The predicted octanol–water partition coefficient (Wildman–Crippen LogP) is 2.42. The van der Waals surface area contributed by atoms with E-state index in [2.05, 4.69) is 17.2 Å². The maximum Gasteiger partial charge on any atom is 0.178 e. The Bertz CT molecular complexity index is 517. The molecule has 2 rings (SSSR count). The molecular weight excluding hydrogens is 212 g/mol. The van der Waals surface area contributed by atoms with Gasteiger partial charge in [-0.2, -0.15) is 0 Å². The van der Waals surface area contributed by atoms with Crippen LogP contribution in [0.5, 0.6) is 0 Å². The van der Waals surface area contributed by atoms with Crippen molar-refractivity contribution in [2.75, 3.05) is 13.1 Å². The second kappa shape index (κ2) is 5.55. The van der Waals surface area contributed by atoms with Crippen LogP contribution >= 0.6 is 0 Å². The summed E-state index contributed by atoms with van der Waals surface area (Å²) in [5, 5.41) is 5.11. The minimum atomic E-state index is 0.0998. The molecule has 3 heteroatoms. The van der Waals surface area contributed by atoms with Gasteiger partial charge in [-0.3, -0.25) is 9.78 Å². The number of fused-ring (bicyclic) bond motifs is 1. The highest BCUT2D eigenvalue weighted by Crippen LogP contribution is 2.17. The van der Waals surface area contributed by atoms with E-state index in [1.165, 1.54) is 0 Å². The molecular formula is C14H16N2O. The molecule has 0 radical (unpaired) electrons. The molecule has 88 valence electrons. The summed E-state index contributed by atoms with van der Waals surface area (Å²) in [7, 11) is 0. The second-order valence-corrected chi connectivity index (χ2v) is 4.01. The third-order valence-corrected chi connectivity index (χ3v) is 2.68. The van der Waals surface area contributed by atoms with Gasteiger partial charge in [-0.25, -0.2) is 0 Å². The molecule has 0 atom stereocenters. The Morgan fingerprint density at radius 1 is 1.29 bits per heavy atom. The predicted molar refractivity (Wildman–Crippen MR) is 69.2 cm³/mol. The van der Waals surface area contributed by atoms with Crippen LogP contribution in [0.25, 0.3) is 10.8 Å². The average molecular weight is 228 g/mol. The number of aromatic nitrogens is 1. The van der Waals surface area contributed by atoms with E-state index in [-0.39, 0.29) is 5.78 Å². The van der Waals surface area contributed by atoms with E-state index < -0.39 is 0 Å². The van der Waals surface area contributed by atoms with E-state index in [1.54, 1.807) is 12.4 Å². The fourth-order valence-corrected chi connectivity index (χ4v) is 1.81. The first kappa shape index (κ1) is 11.7. The molecule has 17 heavy (non-hydrogen) atoms. The molecule has 1 aromatic carbocycles. The summed E-state index contributed by atoms with van der Waals surface area (Å²) in [5.74, 6) is 0.0998. The normalized spacial score (nSPS) is 10.6. The lowest BCUT2D eigenvalue weighted by molar-refractivity contribution is 0.0992. The number of carbonyl (C=O) groups is 1. The van der Waals surface area contributed by atoms with Crippen molar-refractivity contribution in [3.8, 4) is 0 Å². The summed E-state index contributed by atoms with van der Waals surface area (Å²) < 4.78 is 0. The van der Waals surface area contributed by atoms with Crippen LogP contribution < -0.4 is 5.32 Å². The Hall–Kier alpha value is -1.74. The molecule has 1 heterocycles. The standard InChI is InChI=1S/C14H16N2O/c1-2-7-15-10-14(17)13-9-16-8-11-5-3-4-6-12(11)13/h3-6,8-9,15H,2,7,10H2,1H3. The van der Waals surface area contributed by atoms with Crippen LogP contribution in [0.4, 0.5) is 0 Å². The summed E-state index contributed by atoms with van der Waals surface area (Å²) in [5.41, 5.74) is 0.701. The Morgan fingerprint density at radius 2 is 2.12 bits per heavy atom. The molecule has 0 unspecified atom stereocenters. The number of Topliss-reactive ketones (excluding diaryl/α,β-unsaturated/α-hetero) is 1. The molecule has 0 aliphatic carbocycles. The molecule has 1 aromatic heterocycles. The van der Waals surface area contributed by atoms with Gasteiger partial charge in [0, 0.05) is 23.3 Å². The first-order chi connectivity index (χ1) is 8.33. The average Bonchev–Trinajstić information content (AvgIpc) is 2.38. The van der Waals surface area contributed by atoms with Gasteiger partial charge in [0.15, 0.2) is 5.78 Å². The molecule has 0 bridgehead atoms. The summed E-state index contributed by atoms with van der Waals surface area (Å²) in [6, 6.07) is 7.83. The van der Waals surface area contributed by atoms with Crippen molar-refractivity contribution in [1.82, 2.24) is 10.3 Å². The fraction of sp³-hybridized carbons (Fsp3) is 0.286. The van der Waals surface area contributed by atoms with Gasteiger partial charge in [0.25, 0.3) is 0 Å². The van der Waals surface area contributed by atoms with E-state index in [1.807, 2.05) is 24.3 Å². The van der Waals surface area contributed by atoms with Crippen LogP contribution in [0.3, 0.4) is 0 Å². The van der Waals surface area contributed by atoms with Gasteiger partial charge in [0.2, 0.25) is 0 Å². The largest absolute Gasteiger partial charge is 0.310 e. The number of nitrogens with zero attached hydrogens (tertiary/aromatic N) is 1. The van der Waals surface area contributed by atoms with Crippen LogP contribution in [0.1, 0.15) is 23.7 Å². The Labute approximate surface area is 101 Å². The van der Waals surface area contributed by atoms with E-state index in [4.69, 9.17) is 0 Å². The highest BCUT2D eigenvalue weighted by atomic mass is 16.1. The number of ketones is 1. The molecule has 0 saturated heterocycles. The number of hydrogen-bond acceptors (Lipinski definition) is 3. The smallest absolute Gasteiger partial charge is 0.178 e. The third kappa shape index (κ3) is 2.68. The van der Waals surface area contributed by atoms with Gasteiger partial charge in [0.05, 0.1) is 6.54 Å². The number of nitrogens with one attached hydrogen (secondary N) is 1. The number of benzene rings is 1. The van der Waals surface area contributed by atoms with Crippen molar-refractivity contribution in [3.05, 3.63) is 42.2 Å². The summed E-state index contributed by atoms with van der Waals surface area (Å²) in [6.45, 7) is 3.32. The lowest BCUT2D eigenvalue weighted by Gasteiger charge is -2.05. The first-order valence-electron chi connectivity index (χ1n) is 5.89. The van der Waals surface area contributed by atoms with Crippen LogP contribution in [0, 0.1) is 0 Å². The summed E-state index contributed by atoms with van der Waals surface area (Å²) in [4.78, 5) is 16.1. The first-order valence-corrected chi connectivity index (χ1v) is 5.89. The minimum absolute atomic E-state index is 0.0998. The van der Waals surface area contributed by atoms with E-state index >= 15 is 0 Å². The molecule has 2 aromatic rings. The quantitative estimate of drug-likeness (QED) is 0.631. The van der Waals surface area contributed by atoms with E-state index in [0.29, 0.717) is 12.1 Å². The fourth-order valence-electron chi connectivity index (χ4n) is 1.81. The van der Waals surface area contributed by atoms with Crippen molar-refractivity contribution in [1.29, 1.82) is 0 Å². The molecule has 0 amide bonds. The molecule has 1 N–H and O–H groups in total. The van der Waals surface area contributed by atoms with Crippen molar-refractivity contribution in [2.24, 2.45) is 0 Å². The van der Waals surface area contributed by atoms with Gasteiger partial charge < -0.3 is 5.32 Å². The van der Waals surface area contributed by atoms with Crippen LogP contribution in [0.2, 0.25) is 0 Å². The number of hydrogen-bond donors (Lipinski definition) is 1. The lowest BCUT2D eigenvalue weighted by Crippen LogP contribution is -2.23. The van der Waals surface area contributed by atoms with Crippen LogP contribution in [-0.2, 0) is 0 Å². The molecule has 0 fully saturated rings. The third-order valence-electron chi connectivity index (χ3n) is 2.68. The maximum absolute atomic E-state index is 12.0. The highest BCUT2D eigenvalue weighted by molar-refractivity contribution is 6.08. The van der Waals surface area contributed by atoms with Crippen molar-refractivity contribution < 1.29 is 4.79 Å². The lowest BCUT2D eigenvalue weighted by atomic mass is 10.0. The second-order valence-electron chi connectivity index (χ2n) is 4.01. The topological polar surface area (TPSA) is 42.0 Å². The van der Waals surface area contributed by atoms with Crippen molar-refractivity contribution in [3.63, 3.8) is 0 Å². The zero-order valence-electron chi connectivity index (χ0n) is 9.94. The Morgan fingerprint density at radius 3 is 2.94 bits per heavy atom. The summed E-state index contributed by atoms with van der Waals surface area (Å²) >= 11 is 0. The molecule has 3 nitrogen and oxygen atoms in total. The molecule has 0 spiro atoms. The SMILES string of the molecule is CCCNCC(=O)c1cncc2ccccc12. The van der Waals surface area contributed by atoms with Gasteiger partial charge in [-0.05, 0) is 18.4 Å². The van der Waals surface area contributed by atoms with Gasteiger partial charge in [-0.15, -0.1) is 0 Å². The van der Waals surface area contributed by atoms with Crippen LogP contribution in [0.15, 0.2) is 36.7 Å². The number of rotatable bonds is 5. The zero-order valence-corrected chi connectivity index (χ0v) is 9.94. The molecule has 0 aliphatic heterocycles. The molecule has 0 aliphatic rings. The Kier molecular flexibility index (Phi) is 3.83. The van der Waals surface area contributed by atoms with Crippen molar-refractivity contribution in [2.45, 2.75) is 13.3 Å². The van der Waals surface area contributed by atoms with E-state index in [0.717, 1.165) is 23.7 Å². The van der Waals surface area contributed by atoms with Gasteiger partial charge >= 0.3 is 0 Å². The van der Waals surface area contributed by atoms with Gasteiger partial charge in [-0.1, -0.05) is 31.2 Å².